The van der Waals surface area contributed by atoms with Crippen LogP contribution in [0.25, 0.3) is 0 Å². The maximum absolute atomic E-state index is 11.9. The van der Waals surface area contributed by atoms with Crippen LogP contribution in [-0.2, 0) is 0 Å². The molecule has 0 spiro atoms. The van der Waals surface area contributed by atoms with Gasteiger partial charge in [0.2, 0.25) is 0 Å². The number of benzene rings is 1. The lowest BCUT2D eigenvalue weighted by Gasteiger charge is -2.09. The van der Waals surface area contributed by atoms with Gasteiger partial charge in [-0.25, -0.2) is 0 Å². The molecule has 5 heteroatoms. The van der Waals surface area contributed by atoms with Crippen molar-refractivity contribution in [3.8, 4) is 11.5 Å². The first-order valence-corrected chi connectivity index (χ1v) is 5.32. The number of nitrogens with zero attached hydrogens (tertiary/aromatic N) is 1. The van der Waals surface area contributed by atoms with Gasteiger partial charge in [0.15, 0.2) is 11.5 Å². The van der Waals surface area contributed by atoms with Gasteiger partial charge in [-0.2, -0.15) is 0 Å². The first-order chi connectivity index (χ1) is 8.59. The Morgan fingerprint density at radius 2 is 2.06 bits per heavy atom. The summed E-state index contributed by atoms with van der Waals surface area (Å²) in [6, 6.07) is 5.98. The van der Waals surface area contributed by atoms with Crippen molar-refractivity contribution in [3.05, 3.63) is 47.8 Å². The van der Waals surface area contributed by atoms with Crippen LogP contribution in [0.1, 0.15) is 15.9 Å². The lowest BCUT2D eigenvalue weighted by atomic mass is 10.1. The topological polar surface area (TPSA) is 82.5 Å². The zero-order valence-corrected chi connectivity index (χ0v) is 9.71. The number of carbonyl (C=O) groups excluding carboxylic acids is 1. The molecule has 0 aliphatic carbocycles. The predicted octanol–water partition coefficient (Wildman–Crippen LogP) is 2.05. The summed E-state index contributed by atoms with van der Waals surface area (Å²) in [4.78, 5) is 15.8. The first kappa shape index (κ1) is 11.9. The van der Waals surface area contributed by atoms with Crippen LogP contribution in [0.15, 0.2) is 36.7 Å². The van der Waals surface area contributed by atoms with Crippen LogP contribution in [0.3, 0.4) is 0 Å². The highest BCUT2D eigenvalue weighted by Gasteiger charge is 2.14. The quantitative estimate of drug-likeness (QED) is 0.706. The molecule has 92 valence electrons. The Balaban J connectivity index is 2.28. The monoisotopic (exact) mass is 244 g/mol. The Morgan fingerprint density at radius 3 is 2.78 bits per heavy atom. The fourth-order valence-corrected chi connectivity index (χ4v) is 1.50. The van der Waals surface area contributed by atoms with Crippen LogP contribution < -0.4 is 5.32 Å². The van der Waals surface area contributed by atoms with Crippen molar-refractivity contribution in [2.24, 2.45) is 0 Å². The lowest BCUT2D eigenvalue weighted by Crippen LogP contribution is -2.13. The molecule has 0 radical (unpaired) electrons. The van der Waals surface area contributed by atoms with Crippen molar-refractivity contribution in [3.63, 3.8) is 0 Å². The van der Waals surface area contributed by atoms with Gasteiger partial charge in [-0.05, 0) is 30.7 Å². The number of nitrogens with one attached hydrogen (secondary N) is 1. The summed E-state index contributed by atoms with van der Waals surface area (Å²) in [5.74, 6) is -1.26. The number of para-hydroxylation sites is 1. The average molecular weight is 244 g/mol. The third-order valence-corrected chi connectivity index (χ3v) is 2.55. The van der Waals surface area contributed by atoms with Crippen LogP contribution in [0.5, 0.6) is 11.5 Å². The maximum atomic E-state index is 11.9. The molecule has 0 bridgehead atoms. The molecule has 0 saturated carbocycles. The molecule has 2 rings (SSSR count). The molecule has 0 aliphatic rings. The number of aromatic nitrogens is 1. The Labute approximate surface area is 104 Å². The molecule has 18 heavy (non-hydrogen) atoms. The molecule has 1 aromatic carbocycles. The smallest absolute Gasteiger partial charge is 0.259 e. The van der Waals surface area contributed by atoms with E-state index >= 15 is 0 Å². The average Bonchev–Trinajstić information content (AvgIpc) is 2.35. The van der Waals surface area contributed by atoms with Crippen molar-refractivity contribution in [2.45, 2.75) is 6.92 Å². The van der Waals surface area contributed by atoms with Crippen LogP contribution in [0, 0.1) is 6.92 Å². The van der Waals surface area contributed by atoms with Gasteiger partial charge in [0.25, 0.3) is 5.91 Å². The summed E-state index contributed by atoms with van der Waals surface area (Å²) in [6.07, 6.45) is 3.14. The number of pyridine rings is 1. The Bertz CT molecular complexity index is 597. The van der Waals surface area contributed by atoms with E-state index < -0.39 is 11.7 Å². The molecule has 0 unspecified atom stereocenters. The maximum Gasteiger partial charge on any atom is 0.259 e. The fourth-order valence-electron chi connectivity index (χ4n) is 1.50. The Kier molecular flexibility index (Phi) is 3.14. The van der Waals surface area contributed by atoms with E-state index in [1.54, 1.807) is 12.3 Å². The number of aromatic hydroxyl groups is 2. The van der Waals surface area contributed by atoms with E-state index in [1.165, 1.54) is 24.4 Å². The minimum Gasteiger partial charge on any atom is -0.504 e. The summed E-state index contributed by atoms with van der Waals surface area (Å²) in [6.45, 7) is 1.83. The van der Waals surface area contributed by atoms with E-state index in [2.05, 4.69) is 10.3 Å². The third kappa shape index (κ3) is 2.24. The van der Waals surface area contributed by atoms with Crippen LogP contribution in [-0.4, -0.2) is 21.1 Å². The number of amides is 1. The van der Waals surface area contributed by atoms with Gasteiger partial charge in [-0.15, -0.1) is 0 Å². The number of phenolic OH excluding ortho intramolecular Hbond substituents is 2. The molecule has 1 amide bonds. The summed E-state index contributed by atoms with van der Waals surface area (Å²) in [5, 5.41) is 21.5. The predicted molar refractivity (Wildman–Crippen MR) is 66.7 cm³/mol. The van der Waals surface area contributed by atoms with Gasteiger partial charge in [0, 0.05) is 6.20 Å². The highest BCUT2D eigenvalue weighted by molar-refractivity contribution is 6.06. The standard InChI is InChI=1S/C13H12N2O3/c1-8-5-6-14-7-10(8)15-13(18)9-3-2-4-11(16)12(9)17/h2-7,16-17H,1H3,(H,15,18). The molecule has 1 heterocycles. The zero-order valence-electron chi connectivity index (χ0n) is 9.71. The molecule has 0 saturated heterocycles. The van der Waals surface area contributed by atoms with Crippen molar-refractivity contribution in [1.82, 2.24) is 4.98 Å². The Morgan fingerprint density at radius 1 is 1.28 bits per heavy atom. The third-order valence-electron chi connectivity index (χ3n) is 2.55. The van der Waals surface area contributed by atoms with Crippen molar-refractivity contribution < 1.29 is 15.0 Å². The van der Waals surface area contributed by atoms with E-state index in [1.807, 2.05) is 6.92 Å². The van der Waals surface area contributed by atoms with Gasteiger partial charge in [0.1, 0.15) is 0 Å². The second-order valence-corrected chi connectivity index (χ2v) is 3.82. The molecular formula is C13H12N2O3. The van der Waals surface area contributed by atoms with E-state index in [9.17, 15) is 15.0 Å². The van der Waals surface area contributed by atoms with Gasteiger partial charge in [0.05, 0.1) is 17.4 Å². The van der Waals surface area contributed by atoms with Gasteiger partial charge < -0.3 is 15.5 Å². The zero-order chi connectivity index (χ0) is 13.1. The first-order valence-electron chi connectivity index (χ1n) is 5.32. The highest BCUT2D eigenvalue weighted by atomic mass is 16.3. The van der Waals surface area contributed by atoms with Crippen molar-refractivity contribution >= 4 is 11.6 Å². The largest absolute Gasteiger partial charge is 0.504 e. The molecule has 0 atom stereocenters. The lowest BCUT2D eigenvalue weighted by molar-refractivity contribution is 0.102. The number of phenols is 2. The fraction of sp³-hybridized carbons (Fsp3) is 0.0769. The van der Waals surface area contributed by atoms with Gasteiger partial charge >= 0.3 is 0 Å². The number of hydrogen-bond acceptors (Lipinski definition) is 4. The van der Waals surface area contributed by atoms with Crippen LogP contribution in [0.4, 0.5) is 5.69 Å². The van der Waals surface area contributed by atoms with Gasteiger partial charge in [-0.3, -0.25) is 9.78 Å². The minimum absolute atomic E-state index is 0.0123. The van der Waals surface area contributed by atoms with E-state index in [0.717, 1.165) is 5.56 Å². The molecule has 1 aromatic heterocycles. The number of anilines is 1. The molecular weight excluding hydrogens is 232 g/mol. The summed E-state index contributed by atoms with van der Waals surface area (Å²) in [7, 11) is 0. The molecule has 2 aromatic rings. The van der Waals surface area contributed by atoms with Crippen molar-refractivity contribution in [2.75, 3.05) is 5.32 Å². The Hall–Kier alpha value is -2.56. The minimum atomic E-state index is -0.500. The van der Waals surface area contributed by atoms with E-state index in [-0.39, 0.29) is 11.3 Å². The molecule has 5 nitrogen and oxygen atoms in total. The molecule has 0 aliphatic heterocycles. The van der Waals surface area contributed by atoms with Crippen LogP contribution in [0.2, 0.25) is 0 Å². The summed E-state index contributed by atoms with van der Waals surface area (Å²) in [5.41, 5.74) is 1.43. The number of carbonyl (C=O) groups is 1. The van der Waals surface area contributed by atoms with Crippen LogP contribution >= 0.6 is 0 Å². The number of hydrogen-bond donors (Lipinski definition) is 3. The summed E-state index contributed by atoms with van der Waals surface area (Å²) < 4.78 is 0. The summed E-state index contributed by atoms with van der Waals surface area (Å²) >= 11 is 0. The highest BCUT2D eigenvalue weighted by Crippen LogP contribution is 2.28. The number of aryl methyl sites for hydroxylation is 1. The van der Waals surface area contributed by atoms with Gasteiger partial charge in [-0.1, -0.05) is 6.07 Å². The van der Waals surface area contributed by atoms with E-state index in [0.29, 0.717) is 5.69 Å². The second kappa shape index (κ2) is 4.75. The normalized spacial score (nSPS) is 10.1. The number of rotatable bonds is 2. The molecule has 3 N–H and O–H groups in total. The second-order valence-electron chi connectivity index (χ2n) is 3.82. The van der Waals surface area contributed by atoms with Crippen molar-refractivity contribution in [1.29, 1.82) is 0 Å². The van der Waals surface area contributed by atoms with E-state index in [4.69, 9.17) is 0 Å². The molecule has 0 fully saturated rings. The SMILES string of the molecule is Cc1ccncc1NC(=O)c1cccc(O)c1O.